The molecule has 0 bridgehead atoms. The molecule has 5 heteroatoms. The Morgan fingerprint density at radius 2 is 1.80 bits per heavy atom. The van der Waals surface area contributed by atoms with E-state index in [0.717, 1.165) is 0 Å². The van der Waals surface area contributed by atoms with Gasteiger partial charge in [-0.1, -0.05) is 20.8 Å². The number of carbonyl (C=O) groups excluding carboxylic acids is 2. The number of amides is 2. The minimum Gasteiger partial charge on any atom is -0.355 e. The van der Waals surface area contributed by atoms with Gasteiger partial charge in [0.15, 0.2) is 0 Å². The highest BCUT2D eigenvalue weighted by Gasteiger charge is 2.27. The van der Waals surface area contributed by atoms with Crippen molar-refractivity contribution in [1.82, 2.24) is 10.6 Å². The number of hydrogen-bond acceptors (Lipinski definition) is 3. The van der Waals surface area contributed by atoms with Crippen LogP contribution in [0.3, 0.4) is 0 Å². The summed E-state index contributed by atoms with van der Waals surface area (Å²) in [6.07, 6.45) is 0. The highest BCUT2D eigenvalue weighted by atomic mass is 16.2. The normalized spacial score (nSPS) is 13.1. The lowest BCUT2D eigenvalue weighted by Gasteiger charge is -2.25. The van der Waals surface area contributed by atoms with Gasteiger partial charge in [0.05, 0.1) is 12.6 Å². The first-order valence-corrected chi connectivity index (χ1v) is 5.09. The summed E-state index contributed by atoms with van der Waals surface area (Å²) in [5.41, 5.74) is 5.41. The second kappa shape index (κ2) is 5.70. The molecule has 2 amide bonds. The van der Waals surface area contributed by atoms with Gasteiger partial charge in [0.25, 0.3) is 0 Å². The maximum absolute atomic E-state index is 11.5. The molecule has 0 aliphatic carbocycles. The Bertz CT molecular complexity index is 233. The lowest BCUT2D eigenvalue weighted by atomic mass is 9.87. The van der Waals surface area contributed by atoms with Crippen LogP contribution in [0.4, 0.5) is 0 Å². The maximum Gasteiger partial charge on any atom is 0.239 e. The van der Waals surface area contributed by atoms with Crippen molar-refractivity contribution in [3.05, 3.63) is 0 Å². The summed E-state index contributed by atoms with van der Waals surface area (Å²) in [6.45, 7) is 7.99. The average Bonchev–Trinajstić information content (AvgIpc) is 2.12. The van der Waals surface area contributed by atoms with Gasteiger partial charge in [-0.15, -0.1) is 0 Å². The Hall–Kier alpha value is -1.10. The molecule has 0 aliphatic heterocycles. The van der Waals surface area contributed by atoms with E-state index in [1.165, 1.54) is 0 Å². The largest absolute Gasteiger partial charge is 0.355 e. The minimum atomic E-state index is -0.605. The molecule has 5 nitrogen and oxygen atoms in total. The van der Waals surface area contributed by atoms with Crippen LogP contribution in [0.15, 0.2) is 0 Å². The Morgan fingerprint density at radius 3 is 2.20 bits per heavy atom. The van der Waals surface area contributed by atoms with Gasteiger partial charge in [-0.2, -0.15) is 0 Å². The molecule has 0 spiro atoms. The Kier molecular flexibility index (Phi) is 5.28. The summed E-state index contributed by atoms with van der Waals surface area (Å²) < 4.78 is 0. The molecule has 0 saturated heterocycles. The van der Waals surface area contributed by atoms with E-state index < -0.39 is 6.04 Å². The summed E-state index contributed by atoms with van der Waals surface area (Å²) in [6, 6.07) is -0.605. The molecular weight excluding hydrogens is 194 g/mol. The fourth-order valence-electron chi connectivity index (χ4n) is 0.930. The smallest absolute Gasteiger partial charge is 0.239 e. The van der Waals surface area contributed by atoms with Gasteiger partial charge < -0.3 is 16.4 Å². The Morgan fingerprint density at radius 1 is 1.27 bits per heavy atom. The number of nitrogens with one attached hydrogen (secondary N) is 2. The lowest BCUT2D eigenvalue weighted by molar-refractivity contribution is -0.128. The molecular formula is C10H21N3O2. The van der Waals surface area contributed by atoms with Gasteiger partial charge in [-0.3, -0.25) is 9.59 Å². The van der Waals surface area contributed by atoms with E-state index in [4.69, 9.17) is 5.73 Å². The van der Waals surface area contributed by atoms with Crippen molar-refractivity contribution in [3.63, 3.8) is 0 Å². The lowest BCUT2D eigenvalue weighted by Crippen LogP contribution is -2.50. The van der Waals surface area contributed by atoms with Gasteiger partial charge in [-0.25, -0.2) is 0 Å². The second-order valence-corrected chi connectivity index (χ2v) is 4.52. The third-order valence-electron chi connectivity index (χ3n) is 2.01. The molecule has 88 valence electrons. The molecule has 0 radical (unpaired) electrons. The fourth-order valence-corrected chi connectivity index (χ4v) is 0.930. The van der Waals surface area contributed by atoms with E-state index in [2.05, 4.69) is 10.6 Å². The quantitative estimate of drug-likeness (QED) is 0.597. The molecule has 0 aromatic rings. The third kappa shape index (κ3) is 5.37. The molecule has 15 heavy (non-hydrogen) atoms. The molecule has 0 aromatic heterocycles. The zero-order valence-corrected chi connectivity index (χ0v) is 9.89. The summed E-state index contributed by atoms with van der Waals surface area (Å²) in [4.78, 5) is 22.5. The van der Waals surface area contributed by atoms with Crippen LogP contribution in [0.5, 0.6) is 0 Å². The van der Waals surface area contributed by atoms with Gasteiger partial charge >= 0.3 is 0 Å². The van der Waals surface area contributed by atoms with Crippen molar-refractivity contribution < 1.29 is 9.59 Å². The van der Waals surface area contributed by atoms with Crippen molar-refractivity contribution in [2.45, 2.75) is 33.7 Å². The van der Waals surface area contributed by atoms with Gasteiger partial charge in [0.1, 0.15) is 0 Å². The van der Waals surface area contributed by atoms with Gasteiger partial charge in [0, 0.05) is 6.54 Å². The first kappa shape index (κ1) is 13.9. The van der Waals surface area contributed by atoms with E-state index in [0.29, 0.717) is 6.54 Å². The molecule has 4 N–H and O–H groups in total. The number of hydrogen-bond donors (Lipinski definition) is 3. The molecule has 0 heterocycles. The van der Waals surface area contributed by atoms with E-state index >= 15 is 0 Å². The molecule has 1 atom stereocenters. The van der Waals surface area contributed by atoms with Crippen LogP contribution in [0.25, 0.3) is 0 Å². The summed E-state index contributed by atoms with van der Waals surface area (Å²) in [5.74, 6) is -0.499. The Balaban J connectivity index is 4.00. The Labute approximate surface area is 90.8 Å². The third-order valence-corrected chi connectivity index (χ3v) is 2.01. The monoisotopic (exact) mass is 215 g/mol. The zero-order chi connectivity index (χ0) is 12.1. The van der Waals surface area contributed by atoms with Crippen molar-refractivity contribution in [3.8, 4) is 0 Å². The van der Waals surface area contributed by atoms with Gasteiger partial charge in [0.2, 0.25) is 11.8 Å². The molecule has 0 saturated carbocycles. The fraction of sp³-hybridized carbons (Fsp3) is 0.800. The van der Waals surface area contributed by atoms with Crippen LogP contribution in [-0.4, -0.2) is 30.9 Å². The first-order valence-electron chi connectivity index (χ1n) is 5.09. The highest BCUT2D eigenvalue weighted by molar-refractivity contribution is 5.87. The van der Waals surface area contributed by atoms with Crippen molar-refractivity contribution in [2.24, 2.45) is 11.1 Å². The molecule has 0 aromatic carbocycles. The number of likely N-dealkylation sites (N-methyl/N-ethyl adjacent to an activating group) is 1. The van der Waals surface area contributed by atoms with E-state index in [1.807, 2.05) is 27.7 Å². The standard InChI is InChI=1S/C10H21N3O2/c1-5-12-7(14)6-13-9(15)8(11)10(2,3)4/h8H,5-6,11H2,1-4H3,(H,12,14)(H,13,15). The van der Waals surface area contributed by atoms with Crippen LogP contribution in [0.2, 0.25) is 0 Å². The number of carbonyl (C=O) groups is 2. The van der Waals surface area contributed by atoms with Crippen LogP contribution in [0, 0.1) is 5.41 Å². The van der Waals surface area contributed by atoms with Crippen molar-refractivity contribution in [1.29, 1.82) is 0 Å². The topological polar surface area (TPSA) is 84.2 Å². The van der Waals surface area contributed by atoms with Crippen LogP contribution < -0.4 is 16.4 Å². The predicted molar refractivity (Wildman–Crippen MR) is 59.1 cm³/mol. The van der Waals surface area contributed by atoms with Crippen LogP contribution >= 0.6 is 0 Å². The summed E-state index contributed by atoms with van der Waals surface area (Å²) >= 11 is 0. The van der Waals surface area contributed by atoms with Crippen molar-refractivity contribution >= 4 is 11.8 Å². The van der Waals surface area contributed by atoms with E-state index in [9.17, 15) is 9.59 Å². The zero-order valence-electron chi connectivity index (χ0n) is 9.89. The summed E-state index contributed by atoms with van der Waals surface area (Å²) in [7, 11) is 0. The average molecular weight is 215 g/mol. The van der Waals surface area contributed by atoms with E-state index in [1.54, 1.807) is 0 Å². The highest BCUT2D eigenvalue weighted by Crippen LogP contribution is 2.16. The summed E-state index contributed by atoms with van der Waals surface area (Å²) in [5, 5.41) is 5.08. The second-order valence-electron chi connectivity index (χ2n) is 4.52. The molecule has 1 unspecified atom stereocenters. The number of rotatable bonds is 4. The van der Waals surface area contributed by atoms with Gasteiger partial charge in [-0.05, 0) is 12.3 Å². The molecule has 0 rings (SSSR count). The van der Waals surface area contributed by atoms with E-state index in [-0.39, 0.29) is 23.8 Å². The SMILES string of the molecule is CCNC(=O)CNC(=O)C(N)C(C)(C)C. The maximum atomic E-state index is 11.5. The minimum absolute atomic E-state index is 0.0174. The van der Waals surface area contributed by atoms with Crippen LogP contribution in [0.1, 0.15) is 27.7 Å². The number of nitrogens with two attached hydrogens (primary N) is 1. The first-order chi connectivity index (χ1) is 6.79. The van der Waals surface area contributed by atoms with Crippen molar-refractivity contribution in [2.75, 3.05) is 13.1 Å². The van der Waals surface area contributed by atoms with Crippen LogP contribution in [-0.2, 0) is 9.59 Å². The molecule has 0 fully saturated rings. The predicted octanol–water partition coefficient (Wildman–Crippen LogP) is -0.388. The molecule has 0 aliphatic rings.